The van der Waals surface area contributed by atoms with E-state index in [1.54, 1.807) is 35.2 Å². The third kappa shape index (κ3) is 5.50. The van der Waals surface area contributed by atoms with Gasteiger partial charge in [0.1, 0.15) is 0 Å². The van der Waals surface area contributed by atoms with Gasteiger partial charge in [-0.15, -0.1) is 0 Å². The standard InChI is InChI=1S/C26H21ClN2O5S/c1-33-21-12-18(20(27)14-22(21)34-2)13-23-24(30)29(15-16-8-10-17(11-9-16)25(31)32)26(35-23)28-19-6-4-3-5-7-19/h3-14H,15H2,1-2H3,(H,31,32)/p-1/b23-13-,28-26?. The summed E-state index contributed by atoms with van der Waals surface area (Å²) >= 11 is 7.67. The van der Waals surface area contributed by atoms with Gasteiger partial charge in [-0.1, -0.05) is 54.1 Å². The van der Waals surface area contributed by atoms with Crippen molar-refractivity contribution in [2.24, 2.45) is 4.99 Å². The fraction of sp³-hybridized carbons (Fsp3) is 0.115. The molecule has 1 fully saturated rings. The van der Waals surface area contributed by atoms with Gasteiger partial charge in [0.15, 0.2) is 16.7 Å². The molecule has 9 heteroatoms. The van der Waals surface area contributed by atoms with Crippen molar-refractivity contribution in [1.82, 2.24) is 4.90 Å². The van der Waals surface area contributed by atoms with Crippen molar-refractivity contribution in [2.75, 3.05) is 14.2 Å². The molecule has 0 aliphatic carbocycles. The second kappa shape index (κ2) is 10.7. The van der Waals surface area contributed by atoms with Crippen molar-refractivity contribution in [2.45, 2.75) is 6.54 Å². The van der Waals surface area contributed by atoms with Gasteiger partial charge in [0.05, 0.1) is 42.3 Å². The largest absolute Gasteiger partial charge is 0.545 e. The van der Waals surface area contributed by atoms with Gasteiger partial charge in [-0.25, -0.2) is 4.99 Å². The highest BCUT2D eigenvalue weighted by molar-refractivity contribution is 8.18. The maximum absolute atomic E-state index is 13.4. The molecule has 0 atom stereocenters. The number of thioether (sulfide) groups is 1. The number of aliphatic imine (C=N–C) groups is 1. The molecular formula is C26H20ClN2O5S-. The van der Waals surface area contributed by atoms with Crippen molar-refractivity contribution in [3.63, 3.8) is 0 Å². The number of nitrogens with zero attached hydrogens (tertiary/aromatic N) is 2. The zero-order valence-corrected chi connectivity index (χ0v) is 20.4. The number of aromatic carboxylic acids is 1. The fourth-order valence-electron chi connectivity index (χ4n) is 3.39. The summed E-state index contributed by atoms with van der Waals surface area (Å²) in [5.74, 6) is -0.535. The van der Waals surface area contributed by atoms with Gasteiger partial charge in [0.2, 0.25) is 0 Å². The van der Waals surface area contributed by atoms with Gasteiger partial charge in [0.25, 0.3) is 5.91 Å². The first-order valence-corrected chi connectivity index (χ1v) is 11.7. The molecule has 1 heterocycles. The Balaban J connectivity index is 1.71. The Morgan fingerprint density at radius 3 is 2.34 bits per heavy atom. The molecule has 1 aliphatic rings. The molecule has 1 saturated heterocycles. The summed E-state index contributed by atoms with van der Waals surface area (Å²) in [5, 5.41) is 12.0. The molecule has 4 rings (SSSR count). The smallest absolute Gasteiger partial charge is 0.267 e. The lowest BCUT2D eigenvalue weighted by Crippen LogP contribution is -2.28. The minimum absolute atomic E-state index is 0.0673. The average Bonchev–Trinajstić information content (AvgIpc) is 3.14. The van der Waals surface area contributed by atoms with Crippen molar-refractivity contribution in [3.05, 3.63) is 93.3 Å². The molecule has 0 spiro atoms. The first kappa shape index (κ1) is 24.4. The molecule has 0 N–H and O–H groups in total. The Bertz CT molecular complexity index is 1320. The van der Waals surface area contributed by atoms with Crippen LogP contribution in [0.15, 0.2) is 76.6 Å². The summed E-state index contributed by atoms with van der Waals surface area (Å²) < 4.78 is 10.6. The summed E-state index contributed by atoms with van der Waals surface area (Å²) in [6.45, 7) is 0.210. The van der Waals surface area contributed by atoms with E-state index in [2.05, 4.69) is 4.99 Å². The summed E-state index contributed by atoms with van der Waals surface area (Å²) in [6, 6.07) is 18.8. The summed E-state index contributed by atoms with van der Waals surface area (Å²) in [4.78, 5) is 31.1. The highest BCUT2D eigenvalue weighted by atomic mass is 35.5. The van der Waals surface area contributed by atoms with Crippen LogP contribution in [-0.4, -0.2) is 36.2 Å². The summed E-state index contributed by atoms with van der Waals surface area (Å²) in [7, 11) is 3.04. The van der Waals surface area contributed by atoms with Crippen molar-refractivity contribution in [1.29, 1.82) is 0 Å². The zero-order valence-electron chi connectivity index (χ0n) is 18.9. The predicted molar refractivity (Wildman–Crippen MR) is 135 cm³/mol. The number of carboxylic acid groups (broad SMARTS) is 1. The van der Waals surface area contributed by atoms with Crippen LogP contribution in [0.25, 0.3) is 6.08 Å². The van der Waals surface area contributed by atoms with Crippen LogP contribution in [0.5, 0.6) is 11.5 Å². The number of halogens is 1. The van der Waals surface area contributed by atoms with E-state index in [1.807, 2.05) is 30.3 Å². The Kier molecular flexibility index (Phi) is 7.43. The number of hydrogen-bond donors (Lipinski definition) is 0. The molecule has 0 bridgehead atoms. The second-order valence-corrected chi connectivity index (χ2v) is 8.86. The first-order valence-electron chi connectivity index (χ1n) is 10.5. The quantitative estimate of drug-likeness (QED) is 0.436. The molecule has 35 heavy (non-hydrogen) atoms. The van der Waals surface area contributed by atoms with Crippen LogP contribution < -0.4 is 14.6 Å². The molecule has 3 aromatic rings. The second-order valence-electron chi connectivity index (χ2n) is 7.44. The number of carboxylic acids is 1. The highest BCUT2D eigenvalue weighted by Crippen LogP contribution is 2.39. The van der Waals surface area contributed by atoms with E-state index in [0.717, 1.165) is 5.56 Å². The fourth-order valence-corrected chi connectivity index (χ4v) is 4.59. The number of benzene rings is 3. The number of rotatable bonds is 7. The van der Waals surface area contributed by atoms with Crippen molar-refractivity contribution in [3.8, 4) is 11.5 Å². The van der Waals surface area contributed by atoms with E-state index in [9.17, 15) is 14.7 Å². The lowest BCUT2D eigenvalue weighted by atomic mass is 10.1. The highest BCUT2D eigenvalue weighted by Gasteiger charge is 2.33. The Hall–Kier alpha value is -3.75. The van der Waals surface area contributed by atoms with Crippen LogP contribution >= 0.6 is 23.4 Å². The molecule has 0 radical (unpaired) electrons. The number of amidine groups is 1. The van der Waals surface area contributed by atoms with Crippen LogP contribution in [0, 0.1) is 0 Å². The average molecular weight is 508 g/mol. The lowest BCUT2D eigenvalue weighted by Gasteiger charge is -2.16. The minimum Gasteiger partial charge on any atom is -0.545 e. The van der Waals surface area contributed by atoms with Gasteiger partial charge in [-0.2, -0.15) is 0 Å². The van der Waals surface area contributed by atoms with Crippen molar-refractivity contribution >= 4 is 52.2 Å². The third-order valence-electron chi connectivity index (χ3n) is 5.19. The summed E-state index contributed by atoms with van der Waals surface area (Å²) in [6.07, 6.45) is 1.69. The number of amides is 1. The number of ether oxygens (including phenoxy) is 2. The topological polar surface area (TPSA) is 91.3 Å². The van der Waals surface area contributed by atoms with Gasteiger partial charge < -0.3 is 19.4 Å². The molecule has 0 aromatic heterocycles. The van der Waals surface area contributed by atoms with Gasteiger partial charge in [-0.05, 0) is 52.7 Å². The molecule has 178 valence electrons. The van der Waals surface area contributed by atoms with Crippen LogP contribution in [0.4, 0.5) is 5.69 Å². The third-order valence-corrected chi connectivity index (χ3v) is 6.52. The molecule has 1 aliphatic heterocycles. The van der Waals surface area contributed by atoms with E-state index < -0.39 is 5.97 Å². The molecule has 0 saturated carbocycles. The molecule has 7 nitrogen and oxygen atoms in total. The Morgan fingerprint density at radius 2 is 1.71 bits per heavy atom. The van der Waals surface area contributed by atoms with Gasteiger partial charge >= 0.3 is 0 Å². The van der Waals surface area contributed by atoms with E-state index >= 15 is 0 Å². The molecule has 3 aromatic carbocycles. The number of methoxy groups -OCH3 is 2. The normalized spacial score (nSPS) is 15.6. The maximum atomic E-state index is 13.4. The number of para-hydroxylation sites is 1. The predicted octanol–water partition coefficient (Wildman–Crippen LogP) is 4.52. The SMILES string of the molecule is COc1cc(Cl)c(/C=C2\SC(=Nc3ccccc3)N(Cc3ccc(C(=O)[O-])cc3)C2=O)cc1OC. The molecular weight excluding hydrogens is 488 g/mol. The van der Waals surface area contributed by atoms with Gasteiger partial charge in [-0.3, -0.25) is 9.69 Å². The van der Waals surface area contributed by atoms with Crippen LogP contribution in [-0.2, 0) is 11.3 Å². The first-order chi connectivity index (χ1) is 16.9. The number of hydrogen-bond acceptors (Lipinski definition) is 7. The van der Waals surface area contributed by atoms with Crippen LogP contribution in [0.3, 0.4) is 0 Å². The Morgan fingerprint density at radius 1 is 1.06 bits per heavy atom. The number of carbonyl (C=O) groups is 2. The zero-order chi connectivity index (χ0) is 24.9. The molecule has 0 unspecified atom stereocenters. The van der Waals surface area contributed by atoms with Crippen LogP contribution in [0.1, 0.15) is 21.5 Å². The van der Waals surface area contributed by atoms with Crippen molar-refractivity contribution < 1.29 is 24.2 Å². The number of carbonyl (C=O) groups excluding carboxylic acids is 2. The monoisotopic (exact) mass is 507 g/mol. The van der Waals surface area contributed by atoms with E-state index in [0.29, 0.717) is 37.8 Å². The van der Waals surface area contributed by atoms with E-state index in [1.165, 1.54) is 38.1 Å². The van der Waals surface area contributed by atoms with E-state index in [4.69, 9.17) is 21.1 Å². The van der Waals surface area contributed by atoms with Crippen LogP contribution in [0.2, 0.25) is 5.02 Å². The molecule has 1 amide bonds. The summed E-state index contributed by atoms with van der Waals surface area (Å²) in [5.41, 5.74) is 2.11. The van der Waals surface area contributed by atoms with Gasteiger partial charge in [0, 0.05) is 6.07 Å². The minimum atomic E-state index is -1.26. The lowest BCUT2D eigenvalue weighted by molar-refractivity contribution is -0.255. The Labute approximate surface area is 211 Å². The van der Waals surface area contributed by atoms with E-state index in [-0.39, 0.29) is 18.0 Å². The maximum Gasteiger partial charge on any atom is 0.267 e.